The van der Waals surface area contributed by atoms with Gasteiger partial charge in [0.1, 0.15) is 5.76 Å². The fourth-order valence-corrected chi connectivity index (χ4v) is 2.86. The first-order chi connectivity index (χ1) is 12.6. The van der Waals surface area contributed by atoms with Crippen molar-refractivity contribution < 1.29 is 9.21 Å². The number of hydrogen-bond acceptors (Lipinski definition) is 3. The molecule has 0 radical (unpaired) electrons. The maximum atomic E-state index is 12.6. The van der Waals surface area contributed by atoms with Gasteiger partial charge in [0, 0.05) is 12.2 Å². The van der Waals surface area contributed by atoms with Crippen LogP contribution in [0.25, 0.3) is 0 Å². The molecule has 2 aromatic carbocycles. The molecule has 0 atom stereocenters. The van der Waals surface area contributed by atoms with Gasteiger partial charge in [0.25, 0.3) is 0 Å². The number of benzene rings is 2. The first-order valence-electron chi connectivity index (χ1n) is 8.76. The Balaban J connectivity index is 1.67. The lowest BCUT2D eigenvalue weighted by molar-refractivity contribution is -0.117. The molecule has 1 N–H and O–H groups in total. The molecule has 0 bridgehead atoms. The third-order valence-corrected chi connectivity index (χ3v) is 4.37. The van der Waals surface area contributed by atoms with Gasteiger partial charge in [0.15, 0.2) is 0 Å². The molecular formula is C22H24N2O2. The molecule has 4 nitrogen and oxygen atoms in total. The van der Waals surface area contributed by atoms with Crippen LogP contribution in [0.3, 0.4) is 0 Å². The van der Waals surface area contributed by atoms with Gasteiger partial charge in [-0.25, -0.2) is 0 Å². The van der Waals surface area contributed by atoms with Crippen molar-refractivity contribution in [3.63, 3.8) is 0 Å². The zero-order valence-electron chi connectivity index (χ0n) is 15.2. The number of aryl methyl sites for hydroxylation is 2. The molecule has 0 aliphatic rings. The van der Waals surface area contributed by atoms with Gasteiger partial charge in [0.05, 0.1) is 19.4 Å². The maximum Gasteiger partial charge on any atom is 0.238 e. The van der Waals surface area contributed by atoms with Crippen LogP contribution in [-0.4, -0.2) is 17.4 Å². The van der Waals surface area contributed by atoms with Crippen molar-refractivity contribution in [1.82, 2.24) is 4.90 Å². The van der Waals surface area contributed by atoms with Gasteiger partial charge in [-0.05, 0) is 54.8 Å². The molecule has 0 saturated heterocycles. The van der Waals surface area contributed by atoms with Gasteiger partial charge in [-0.15, -0.1) is 0 Å². The lowest BCUT2D eigenvalue weighted by Gasteiger charge is -2.21. The van der Waals surface area contributed by atoms with E-state index in [2.05, 4.69) is 29.3 Å². The van der Waals surface area contributed by atoms with Crippen molar-refractivity contribution in [3.05, 3.63) is 89.4 Å². The molecule has 3 rings (SSSR count). The average molecular weight is 348 g/mol. The van der Waals surface area contributed by atoms with Crippen LogP contribution < -0.4 is 5.32 Å². The Morgan fingerprint density at radius 1 is 0.962 bits per heavy atom. The normalized spacial score (nSPS) is 10.9. The standard InChI is InChI=1S/C22H24N2O2/c1-17-10-11-20(13-18(17)2)23-22(25)16-24(15-21-9-6-12-26-21)14-19-7-4-3-5-8-19/h3-13H,14-16H2,1-2H3,(H,23,25). The number of rotatable bonds is 7. The van der Waals surface area contributed by atoms with Crippen LogP contribution in [0.1, 0.15) is 22.5 Å². The Morgan fingerprint density at radius 2 is 1.77 bits per heavy atom. The molecule has 0 aliphatic carbocycles. The Kier molecular flexibility index (Phi) is 5.87. The summed E-state index contributed by atoms with van der Waals surface area (Å²) in [5.41, 5.74) is 4.37. The van der Waals surface area contributed by atoms with E-state index in [4.69, 9.17) is 4.42 Å². The highest BCUT2D eigenvalue weighted by molar-refractivity contribution is 5.92. The monoisotopic (exact) mass is 348 g/mol. The minimum Gasteiger partial charge on any atom is -0.468 e. The molecule has 0 saturated carbocycles. The van der Waals surface area contributed by atoms with E-state index in [-0.39, 0.29) is 5.91 Å². The lowest BCUT2D eigenvalue weighted by atomic mass is 10.1. The van der Waals surface area contributed by atoms with Crippen molar-refractivity contribution >= 4 is 11.6 Å². The number of anilines is 1. The zero-order valence-corrected chi connectivity index (χ0v) is 15.2. The van der Waals surface area contributed by atoms with Crippen LogP contribution in [0.15, 0.2) is 71.3 Å². The number of hydrogen-bond donors (Lipinski definition) is 1. The van der Waals surface area contributed by atoms with Gasteiger partial charge in [-0.2, -0.15) is 0 Å². The molecule has 1 amide bonds. The Labute approximate surface area is 154 Å². The largest absolute Gasteiger partial charge is 0.468 e. The number of nitrogens with zero attached hydrogens (tertiary/aromatic N) is 1. The maximum absolute atomic E-state index is 12.6. The second kappa shape index (κ2) is 8.50. The number of nitrogens with one attached hydrogen (secondary N) is 1. The molecule has 0 fully saturated rings. The van der Waals surface area contributed by atoms with Gasteiger partial charge in [-0.3, -0.25) is 9.69 Å². The van der Waals surface area contributed by atoms with E-state index in [9.17, 15) is 4.79 Å². The third kappa shape index (κ3) is 5.07. The summed E-state index contributed by atoms with van der Waals surface area (Å²) in [5, 5.41) is 2.99. The quantitative estimate of drug-likeness (QED) is 0.682. The minimum absolute atomic E-state index is 0.0317. The van der Waals surface area contributed by atoms with E-state index in [1.165, 1.54) is 11.1 Å². The molecule has 4 heteroatoms. The van der Waals surface area contributed by atoms with Crippen molar-refractivity contribution in [1.29, 1.82) is 0 Å². The van der Waals surface area contributed by atoms with E-state index in [1.54, 1.807) is 6.26 Å². The summed E-state index contributed by atoms with van der Waals surface area (Å²) in [7, 11) is 0. The van der Waals surface area contributed by atoms with Gasteiger partial charge < -0.3 is 9.73 Å². The fraction of sp³-hybridized carbons (Fsp3) is 0.227. The van der Waals surface area contributed by atoms with Gasteiger partial charge in [0.2, 0.25) is 5.91 Å². The number of carbonyl (C=O) groups excluding carboxylic acids is 1. The van der Waals surface area contributed by atoms with Crippen LogP contribution in [-0.2, 0) is 17.9 Å². The Bertz CT molecular complexity index is 842. The zero-order chi connectivity index (χ0) is 18.4. The van der Waals surface area contributed by atoms with Crippen LogP contribution in [0.4, 0.5) is 5.69 Å². The van der Waals surface area contributed by atoms with E-state index >= 15 is 0 Å². The molecule has 3 aromatic rings. The summed E-state index contributed by atoms with van der Waals surface area (Å²) in [4.78, 5) is 14.6. The SMILES string of the molecule is Cc1ccc(NC(=O)CN(Cc2ccccc2)Cc2ccco2)cc1C. The number of carbonyl (C=O) groups is 1. The van der Waals surface area contributed by atoms with Crippen LogP contribution >= 0.6 is 0 Å². The van der Waals surface area contributed by atoms with Gasteiger partial charge in [-0.1, -0.05) is 36.4 Å². The van der Waals surface area contributed by atoms with Crippen molar-refractivity contribution in [3.8, 4) is 0 Å². The van der Waals surface area contributed by atoms with Crippen LogP contribution in [0.2, 0.25) is 0 Å². The lowest BCUT2D eigenvalue weighted by Crippen LogP contribution is -2.32. The molecule has 0 unspecified atom stereocenters. The van der Waals surface area contributed by atoms with Crippen LogP contribution in [0, 0.1) is 13.8 Å². The summed E-state index contributed by atoms with van der Waals surface area (Å²) < 4.78 is 5.46. The van der Waals surface area contributed by atoms with Crippen molar-refractivity contribution in [2.24, 2.45) is 0 Å². The van der Waals surface area contributed by atoms with E-state index < -0.39 is 0 Å². The molecule has 134 valence electrons. The molecule has 0 aliphatic heterocycles. The highest BCUT2D eigenvalue weighted by atomic mass is 16.3. The smallest absolute Gasteiger partial charge is 0.238 e. The fourth-order valence-electron chi connectivity index (χ4n) is 2.86. The van der Waals surface area contributed by atoms with Crippen LogP contribution in [0.5, 0.6) is 0 Å². The molecule has 26 heavy (non-hydrogen) atoms. The molecule has 1 heterocycles. The first-order valence-corrected chi connectivity index (χ1v) is 8.76. The Hall–Kier alpha value is -2.85. The van der Waals surface area contributed by atoms with E-state index in [0.717, 1.165) is 17.0 Å². The topological polar surface area (TPSA) is 45.5 Å². The van der Waals surface area contributed by atoms with E-state index in [0.29, 0.717) is 19.6 Å². The Morgan fingerprint density at radius 3 is 2.46 bits per heavy atom. The second-order valence-corrected chi connectivity index (χ2v) is 6.56. The average Bonchev–Trinajstić information content (AvgIpc) is 3.12. The number of furan rings is 1. The van der Waals surface area contributed by atoms with Gasteiger partial charge >= 0.3 is 0 Å². The minimum atomic E-state index is -0.0317. The third-order valence-electron chi connectivity index (χ3n) is 4.37. The summed E-state index contributed by atoms with van der Waals surface area (Å²) >= 11 is 0. The summed E-state index contributed by atoms with van der Waals surface area (Å²) in [6, 6.07) is 19.9. The molecular weight excluding hydrogens is 324 g/mol. The summed E-state index contributed by atoms with van der Waals surface area (Å²) in [5.74, 6) is 0.815. The predicted molar refractivity (Wildman–Crippen MR) is 104 cm³/mol. The second-order valence-electron chi connectivity index (χ2n) is 6.56. The molecule has 1 aromatic heterocycles. The molecule has 0 spiro atoms. The predicted octanol–water partition coefficient (Wildman–Crippen LogP) is 4.54. The first kappa shape index (κ1) is 18.0. The number of amides is 1. The van der Waals surface area contributed by atoms with Crippen molar-refractivity contribution in [2.45, 2.75) is 26.9 Å². The highest BCUT2D eigenvalue weighted by Crippen LogP contribution is 2.15. The van der Waals surface area contributed by atoms with E-state index in [1.807, 2.05) is 55.5 Å². The highest BCUT2D eigenvalue weighted by Gasteiger charge is 2.14. The summed E-state index contributed by atoms with van der Waals surface area (Å²) in [6.07, 6.45) is 1.66. The summed E-state index contributed by atoms with van der Waals surface area (Å²) in [6.45, 7) is 5.67. The van der Waals surface area contributed by atoms with Crippen molar-refractivity contribution in [2.75, 3.05) is 11.9 Å².